The van der Waals surface area contributed by atoms with E-state index in [4.69, 9.17) is 9.84 Å². The second-order valence-corrected chi connectivity index (χ2v) is 7.31. The number of carboxylic acids is 1. The first kappa shape index (κ1) is 20.7. The minimum absolute atomic E-state index is 0.129. The van der Waals surface area contributed by atoms with E-state index in [9.17, 15) is 9.59 Å². The van der Waals surface area contributed by atoms with Crippen LogP contribution in [0, 0.1) is 0 Å². The minimum atomic E-state index is -1.01. The summed E-state index contributed by atoms with van der Waals surface area (Å²) in [7, 11) is 0. The fourth-order valence-corrected chi connectivity index (χ4v) is 3.83. The number of thioether (sulfide) groups is 1. The van der Waals surface area contributed by atoms with Crippen LogP contribution in [0.4, 0.5) is 5.69 Å². The summed E-state index contributed by atoms with van der Waals surface area (Å²) < 4.78 is 5.78. The number of amidine groups is 1. The van der Waals surface area contributed by atoms with Gasteiger partial charge in [0.1, 0.15) is 5.75 Å². The summed E-state index contributed by atoms with van der Waals surface area (Å²) >= 11 is 1.27. The van der Waals surface area contributed by atoms with E-state index in [1.165, 1.54) is 23.9 Å². The van der Waals surface area contributed by atoms with Gasteiger partial charge in [-0.3, -0.25) is 9.69 Å². The van der Waals surface area contributed by atoms with Crippen molar-refractivity contribution in [3.63, 3.8) is 0 Å². The number of benzene rings is 2. The fraction of sp³-hybridized carbons (Fsp3) is 0.227. The first-order chi connectivity index (χ1) is 14.0. The molecule has 2 aromatic rings. The highest BCUT2D eigenvalue weighted by molar-refractivity contribution is 8.18. The Morgan fingerprint density at radius 1 is 1.21 bits per heavy atom. The van der Waals surface area contributed by atoms with Crippen molar-refractivity contribution in [1.29, 1.82) is 0 Å². The van der Waals surface area contributed by atoms with Gasteiger partial charge >= 0.3 is 5.97 Å². The summed E-state index contributed by atoms with van der Waals surface area (Å²) in [5, 5.41) is 9.69. The maximum absolute atomic E-state index is 12.9. The normalized spacial score (nSPS) is 16.6. The van der Waals surface area contributed by atoms with Crippen LogP contribution < -0.4 is 4.74 Å². The number of amides is 1. The summed E-state index contributed by atoms with van der Waals surface area (Å²) in [5.41, 5.74) is 1.48. The molecule has 7 heteroatoms. The van der Waals surface area contributed by atoms with Crippen molar-refractivity contribution in [2.75, 3.05) is 13.2 Å². The van der Waals surface area contributed by atoms with E-state index >= 15 is 0 Å². The van der Waals surface area contributed by atoms with E-state index in [1.807, 2.05) is 44.2 Å². The number of ether oxygens (including phenoxy) is 1. The third-order valence-corrected chi connectivity index (χ3v) is 5.20. The molecule has 1 fully saturated rings. The smallest absolute Gasteiger partial charge is 0.335 e. The molecule has 0 spiro atoms. The van der Waals surface area contributed by atoms with Crippen LogP contribution in [0.15, 0.2) is 58.4 Å². The van der Waals surface area contributed by atoms with E-state index in [2.05, 4.69) is 4.99 Å². The SMILES string of the molecule is CCCOc1ccccc1/C=C1/SC(=Nc2cccc(C(=O)O)c2)N(CC)C1=O. The van der Waals surface area contributed by atoms with Gasteiger partial charge in [0.05, 0.1) is 22.8 Å². The number of rotatable bonds is 7. The lowest BCUT2D eigenvalue weighted by Gasteiger charge is -2.12. The molecule has 0 aromatic heterocycles. The highest BCUT2D eigenvalue weighted by Crippen LogP contribution is 2.35. The molecule has 3 rings (SSSR count). The zero-order chi connectivity index (χ0) is 20.8. The standard InChI is InChI=1S/C22H22N2O4S/c1-3-12-28-18-11-6-5-8-15(18)14-19-20(25)24(4-2)22(29-19)23-17-10-7-9-16(13-17)21(26)27/h5-11,13-14H,3-4,12H2,1-2H3,(H,26,27)/b19-14+,23-22?. The highest BCUT2D eigenvalue weighted by atomic mass is 32.2. The van der Waals surface area contributed by atoms with E-state index in [0.29, 0.717) is 28.9 Å². The van der Waals surface area contributed by atoms with Gasteiger partial charge in [0, 0.05) is 12.1 Å². The number of hydrogen-bond donors (Lipinski definition) is 1. The summed E-state index contributed by atoms with van der Waals surface area (Å²) in [6.07, 6.45) is 2.71. The maximum atomic E-state index is 12.9. The molecule has 0 atom stereocenters. The van der Waals surface area contributed by atoms with Crippen LogP contribution in [0.25, 0.3) is 6.08 Å². The van der Waals surface area contributed by atoms with Crippen LogP contribution in [-0.4, -0.2) is 40.2 Å². The van der Waals surface area contributed by atoms with Crippen LogP contribution in [0.5, 0.6) is 5.75 Å². The van der Waals surface area contributed by atoms with Crippen molar-refractivity contribution >= 4 is 40.6 Å². The number of aliphatic imine (C=N–C) groups is 1. The zero-order valence-electron chi connectivity index (χ0n) is 16.3. The monoisotopic (exact) mass is 410 g/mol. The number of nitrogens with zero attached hydrogens (tertiary/aromatic N) is 2. The van der Waals surface area contributed by atoms with Gasteiger partial charge in [-0.05, 0) is 55.4 Å². The lowest BCUT2D eigenvalue weighted by Crippen LogP contribution is -2.28. The van der Waals surface area contributed by atoms with Crippen molar-refractivity contribution in [2.24, 2.45) is 4.99 Å². The number of carboxylic acid groups (broad SMARTS) is 1. The second-order valence-electron chi connectivity index (χ2n) is 6.30. The topological polar surface area (TPSA) is 79.2 Å². The fourth-order valence-electron chi connectivity index (χ4n) is 2.77. The molecule has 150 valence electrons. The van der Waals surface area contributed by atoms with Gasteiger partial charge in [0.2, 0.25) is 0 Å². The van der Waals surface area contributed by atoms with Gasteiger partial charge in [-0.1, -0.05) is 31.2 Å². The molecule has 1 saturated heterocycles. The number of likely N-dealkylation sites (N-methyl/N-ethyl adjacent to an activating group) is 1. The van der Waals surface area contributed by atoms with Crippen molar-refractivity contribution in [2.45, 2.75) is 20.3 Å². The molecule has 1 N–H and O–H groups in total. The second kappa shape index (κ2) is 9.43. The Kier molecular flexibility index (Phi) is 6.72. The molecule has 1 amide bonds. The average molecular weight is 410 g/mol. The molecular formula is C22H22N2O4S. The van der Waals surface area contributed by atoms with Gasteiger partial charge < -0.3 is 9.84 Å². The van der Waals surface area contributed by atoms with E-state index in [0.717, 1.165) is 17.7 Å². The lowest BCUT2D eigenvalue weighted by molar-refractivity contribution is -0.122. The zero-order valence-corrected chi connectivity index (χ0v) is 17.1. The van der Waals surface area contributed by atoms with Crippen LogP contribution in [0.2, 0.25) is 0 Å². The van der Waals surface area contributed by atoms with Crippen LogP contribution in [0.1, 0.15) is 36.2 Å². The predicted molar refractivity (Wildman–Crippen MR) is 116 cm³/mol. The summed E-state index contributed by atoms with van der Waals surface area (Å²) in [5.74, 6) is -0.410. The van der Waals surface area contributed by atoms with E-state index in [1.54, 1.807) is 17.0 Å². The molecule has 6 nitrogen and oxygen atoms in total. The first-order valence-electron chi connectivity index (χ1n) is 9.38. The lowest BCUT2D eigenvalue weighted by atomic mass is 10.2. The first-order valence-corrected chi connectivity index (χ1v) is 10.2. The molecule has 0 radical (unpaired) electrons. The summed E-state index contributed by atoms with van der Waals surface area (Å²) in [6, 6.07) is 14.0. The van der Waals surface area contributed by atoms with Crippen molar-refractivity contribution < 1.29 is 19.4 Å². The number of carbonyl (C=O) groups is 2. The summed E-state index contributed by atoms with van der Waals surface area (Å²) in [6.45, 7) is 4.99. The molecule has 0 bridgehead atoms. The largest absolute Gasteiger partial charge is 0.493 e. The molecule has 1 heterocycles. The summed E-state index contributed by atoms with van der Waals surface area (Å²) in [4.78, 5) is 30.7. The molecule has 1 aliphatic heterocycles. The average Bonchev–Trinajstić information content (AvgIpc) is 3.01. The Bertz CT molecular complexity index is 984. The molecule has 2 aromatic carbocycles. The Hall–Kier alpha value is -3.06. The van der Waals surface area contributed by atoms with Crippen molar-refractivity contribution in [1.82, 2.24) is 4.90 Å². The number of carbonyl (C=O) groups excluding carboxylic acids is 1. The Morgan fingerprint density at radius 2 is 2.00 bits per heavy atom. The van der Waals surface area contributed by atoms with Gasteiger partial charge in [-0.15, -0.1) is 0 Å². The Morgan fingerprint density at radius 3 is 2.72 bits per heavy atom. The highest BCUT2D eigenvalue weighted by Gasteiger charge is 2.32. The third-order valence-electron chi connectivity index (χ3n) is 4.19. The Balaban J connectivity index is 1.93. The van der Waals surface area contributed by atoms with Gasteiger partial charge in [-0.25, -0.2) is 9.79 Å². The minimum Gasteiger partial charge on any atom is -0.493 e. The van der Waals surface area contributed by atoms with Crippen LogP contribution in [0.3, 0.4) is 0 Å². The number of para-hydroxylation sites is 1. The molecule has 0 unspecified atom stereocenters. The van der Waals surface area contributed by atoms with Crippen LogP contribution >= 0.6 is 11.8 Å². The molecular weight excluding hydrogens is 388 g/mol. The molecule has 1 aliphatic rings. The Labute approximate surface area is 173 Å². The van der Waals surface area contributed by atoms with Crippen molar-refractivity contribution in [3.05, 3.63) is 64.6 Å². The molecule has 29 heavy (non-hydrogen) atoms. The number of aromatic carboxylic acids is 1. The molecule has 0 aliphatic carbocycles. The maximum Gasteiger partial charge on any atom is 0.335 e. The predicted octanol–water partition coefficient (Wildman–Crippen LogP) is 4.80. The third kappa shape index (κ3) is 4.86. The van der Waals surface area contributed by atoms with Gasteiger partial charge in [0.25, 0.3) is 5.91 Å². The van der Waals surface area contributed by atoms with Crippen molar-refractivity contribution in [3.8, 4) is 5.75 Å². The molecule has 0 saturated carbocycles. The quantitative estimate of drug-likeness (QED) is 0.664. The number of hydrogen-bond acceptors (Lipinski definition) is 5. The van der Waals surface area contributed by atoms with E-state index < -0.39 is 5.97 Å². The van der Waals surface area contributed by atoms with E-state index in [-0.39, 0.29) is 11.5 Å². The van der Waals surface area contributed by atoms with Gasteiger partial charge in [-0.2, -0.15) is 0 Å². The van der Waals surface area contributed by atoms with Gasteiger partial charge in [0.15, 0.2) is 5.17 Å². The van der Waals surface area contributed by atoms with Crippen LogP contribution in [-0.2, 0) is 4.79 Å².